The lowest BCUT2D eigenvalue weighted by molar-refractivity contribution is -0.137. The van der Waals surface area contributed by atoms with Crippen LogP contribution in [0.5, 0.6) is 5.75 Å². The summed E-state index contributed by atoms with van der Waals surface area (Å²) >= 11 is 8.16. The van der Waals surface area contributed by atoms with E-state index in [2.05, 4.69) is 5.32 Å². The van der Waals surface area contributed by atoms with Gasteiger partial charge in [0.1, 0.15) is 10.6 Å². The predicted octanol–water partition coefficient (Wildman–Crippen LogP) is 8.81. The summed E-state index contributed by atoms with van der Waals surface area (Å²) in [6, 6.07) is 18.9. The average Bonchev–Trinajstić information content (AvgIpc) is 3.32. The van der Waals surface area contributed by atoms with E-state index in [1.54, 1.807) is 0 Å². The second kappa shape index (κ2) is 12.4. The number of fused-ring (bicyclic) bond motifs is 1. The number of carbonyl (C=O) groups is 1. The van der Waals surface area contributed by atoms with Crippen LogP contribution in [0.25, 0.3) is 21.2 Å². The van der Waals surface area contributed by atoms with E-state index in [0.717, 1.165) is 59.0 Å². The molecule has 1 aromatic heterocycles. The SMILES string of the molecule is CCOc1ccc(-c2ccc(C(F)(F)F)cc2)cc1CN(C(=O)c1sc2ccccc2c1Cl)C1CCC(NC)CC1. The van der Waals surface area contributed by atoms with Gasteiger partial charge in [0.2, 0.25) is 0 Å². The van der Waals surface area contributed by atoms with Crippen LogP contribution in [0.15, 0.2) is 66.7 Å². The third kappa shape index (κ3) is 6.40. The number of amides is 1. The molecule has 41 heavy (non-hydrogen) atoms. The number of benzene rings is 3. The Hall–Kier alpha value is -3.07. The number of halogens is 4. The first-order chi connectivity index (χ1) is 19.7. The molecule has 0 bridgehead atoms. The lowest BCUT2D eigenvalue weighted by Crippen LogP contribution is -2.44. The van der Waals surface area contributed by atoms with Crippen molar-refractivity contribution in [3.63, 3.8) is 0 Å². The third-order valence-electron chi connectivity index (χ3n) is 7.78. The molecule has 9 heteroatoms. The van der Waals surface area contributed by atoms with Gasteiger partial charge in [-0.05, 0) is 81.1 Å². The van der Waals surface area contributed by atoms with E-state index in [9.17, 15) is 18.0 Å². The van der Waals surface area contributed by atoms with Crippen molar-refractivity contribution in [2.75, 3.05) is 13.7 Å². The second-order valence-electron chi connectivity index (χ2n) is 10.3. The van der Waals surface area contributed by atoms with Crippen LogP contribution in [0, 0.1) is 0 Å². The summed E-state index contributed by atoms with van der Waals surface area (Å²) < 4.78 is 46.3. The normalized spacial score (nSPS) is 17.5. The minimum Gasteiger partial charge on any atom is -0.494 e. The Morgan fingerprint density at radius 2 is 1.71 bits per heavy atom. The first kappa shape index (κ1) is 29.4. The van der Waals surface area contributed by atoms with Gasteiger partial charge in [0.05, 0.1) is 17.2 Å². The molecule has 1 heterocycles. The number of carbonyl (C=O) groups excluding carboxylic acids is 1. The number of alkyl halides is 3. The maximum absolute atomic E-state index is 14.2. The van der Waals surface area contributed by atoms with Gasteiger partial charge >= 0.3 is 6.18 Å². The largest absolute Gasteiger partial charge is 0.494 e. The van der Waals surface area contributed by atoms with Crippen molar-refractivity contribution in [2.45, 2.75) is 57.4 Å². The van der Waals surface area contributed by atoms with E-state index in [1.165, 1.54) is 23.5 Å². The highest BCUT2D eigenvalue weighted by molar-refractivity contribution is 7.21. The highest BCUT2D eigenvalue weighted by atomic mass is 35.5. The molecule has 0 aliphatic heterocycles. The number of hydrogen-bond acceptors (Lipinski definition) is 4. The van der Waals surface area contributed by atoms with Crippen LogP contribution in [0.1, 0.15) is 53.4 Å². The number of nitrogens with zero attached hydrogens (tertiary/aromatic N) is 1. The fourth-order valence-corrected chi connectivity index (χ4v) is 7.01. The molecule has 0 spiro atoms. The maximum Gasteiger partial charge on any atom is 0.416 e. The molecule has 4 aromatic rings. The van der Waals surface area contributed by atoms with Gasteiger partial charge in [-0.2, -0.15) is 13.2 Å². The average molecular weight is 601 g/mol. The Morgan fingerprint density at radius 1 is 1.02 bits per heavy atom. The molecule has 0 saturated heterocycles. The molecule has 3 aromatic carbocycles. The molecule has 0 unspecified atom stereocenters. The summed E-state index contributed by atoms with van der Waals surface area (Å²) in [5.41, 5.74) is 1.51. The quantitative estimate of drug-likeness (QED) is 0.220. The fourth-order valence-electron chi connectivity index (χ4n) is 5.54. The van der Waals surface area contributed by atoms with Crippen LogP contribution in [0.3, 0.4) is 0 Å². The molecule has 1 N–H and O–H groups in total. The van der Waals surface area contributed by atoms with Crippen molar-refractivity contribution < 1.29 is 22.7 Å². The highest BCUT2D eigenvalue weighted by Crippen LogP contribution is 2.39. The molecule has 0 atom stereocenters. The Kier molecular flexibility index (Phi) is 8.92. The summed E-state index contributed by atoms with van der Waals surface area (Å²) in [4.78, 5) is 16.7. The van der Waals surface area contributed by atoms with Crippen LogP contribution in [-0.4, -0.2) is 36.5 Å². The Morgan fingerprint density at radius 3 is 2.34 bits per heavy atom. The van der Waals surface area contributed by atoms with Gasteiger partial charge < -0.3 is 15.0 Å². The third-order valence-corrected chi connectivity index (χ3v) is 9.45. The van der Waals surface area contributed by atoms with Crippen molar-refractivity contribution in [2.24, 2.45) is 0 Å². The zero-order chi connectivity index (χ0) is 29.1. The molecule has 1 saturated carbocycles. The Balaban J connectivity index is 1.52. The molecule has 216 valence electrons. The zero-order valence-corrected chi connectivity index (χ0v) is 24.5. The van der Waals surface area contributed by atoms with Gasteiger partial charge in [-0.15, -0.1) is 11.3 Å². The van der Waals surface area contributed by atoms with Crippen LogP contribution >= 0.6 is 22.9 Å². The van der Waals surface area contributed by atoms with Gasteiger partial charge in [-0.1, -0.05) is 48.0 Å². The van der Waals surface area contributed by atoms with E-state index in [4.69, 9.17) is 16.3 Å². The summed E-state index contributed by atoms with van der Waals surface area (Å²) in [6.45, 7) is 2.63. The Labute approximate surface area is 247 Å². The lowest BCUT2D eigenvalue weighted by Gasteiger charge is -2.37. The number of thiophene rings is 1. The van der Waals surface area contributed by atoms with Crippen molar-refractivity contribution in [3.05, 3.63) is 87.8 Å². The molecule has 1 fully saturated rings. The van der Waals surface area contributed by atoms with E-state index >= 15 is 0 Å². The monoisotopic (exact) mass is 600 g/mol. The van der Waals surface area contributed by atoms with Gasteiger partial charge in [0.15, 0.2) is 0 Å². The minimum atomic E-state index is -4.40. The molecular weight excluding hydrogens is 569 g/mol. The number of ether oxygens (including phenoxy) is 1. The van der Waals surface area contributed by atoms with Gasteiger partial charge in [-0.3, -0.25) is 4.79 Å². The first-order valence-corrected chi connectivity index (χ1v) is 15.0. The number of rotatable bonds is 8. The van der Waals surface area contributed by atoms with E-state index < -0.39 is 11.7 Å². The van der Waals surface area contributed by atoms with Crippen LogP contribution in [-0.2, 0) is 12.7 Å². The van der Waals surface area contributed by atoms with E-state index in [-0.39, 0.29) is 11.9 Å². The van der Waals surface area contributed by atoms with Crippen LogP contribution < -0.4 is 10.1 Å². The summed E-state index contributed by atoms with van der Waals surface area (Å²) in [5.74, 6) is 0.527. The lowest BCUT2D eigenvalue weighted by atomic mass is 9.89. The molecule has 4 nitrogen and oxygen atoms in total. The van der Waals surface area contributed by atoms with Crippen LogP contribution in [0.4, 0.5) is 13.2 Å². The number of nitrogens with one attached hydrogen (secondary N) is 1. The highest BCUT2D eigenvalue weighted by Gasteiger charge is 2.33. The minimum absolute atomic E-state index is 0.0116. The van der Waals surface area contributed by atoms with Crippen molar-refractivity contribution in [1.82, 2.24) is 10.2 Å². The van der Waals surface area contributed by atoms with Crippen molar-refractivity contribution in [1.29, 1.82) is 0 Å². The van der Waals surface area contributed by atoms with Crippen LogP contribution in [0.2, 0.25) is 5.02 Å². The fraction of sp³-hybridized carbons (Fsp3) is 0.344. The standard InChI is InChI=1S/C32H32ClF3N2O2S/c1-3-40-27-17-10-21(20-8-11-23(12-9-20)32(34,35)36)18-22(27)19-38(25-15-13-24(37-2)14-16-25)31(39)30-29(33)26-6-4-5-7-28(26)41-30/h4-12,17-18,24-25,37H,3,13-16,19H2,1-2H3. The summed E-state index contributed by atoms with van der Waals surface area (Å²) in [5, 5.41) is 4.68. The maximum atomic E-state index is 14.2. The molecule has 0 radical (unpaired) electrons. The van der Waals surface area contributed by atoms with E-state index in [1.807, 2.05) is 61.3 Å². The van der Waals surface area contributed by atoms with Crippen molar-refractivity contribution >= 4 is 38.9 Å². The molecular formula is C32H32ClF3N2O2S. The van der Waals surface area contributed by atoms with Gasteiger partial charge in [-0.25, -0.2) is 0 Å². The van der Waals surface area contributed by atoms with Crippen molar-refractivity contribution in [3.8, 4) is 16.9 Å². The smallest absolute Gasteiger partial charge is 0.416 e. The van der Waals surface area contributed by atoms with Gasteiger partial charge in [0.25, 0.3) is 5.91 Å². The number of hydrogen-bond donors (Lipinski definition) is 1. The summed E-state index contributed by atoms with van der Waals surface area (Å²) in [7, 11) is 1.96. The molecule has 1 aliphatic rings. The zero-order valence-electron chi connectivity index (χ0n) is 22.9. The topological polar surface area (TPSA) is 41.6 Å². The molecule has 1 amide bonds. The molecule has 5 rings (SSSR count). The Bertz CT molecular complexity index is 1510. The summed E-state index contributed by atoms with van der Waals surface area (Å²) in [6.07, 6.45) is -0.793. The van der Waals surface area contributed by atoms with E-state index in [0.29, 0.717) is 40.4 Å². The second-order valence-corrected chi connectivity index (χ2v) is 11.7. The predicted molar refractivity (Wildman–Crippen MR) is 160 cm³/mol. The van der Waals surface area contributed by atoms with Gasteiger partial charge in [0, 0.05) is 34.3 Å². The first-order valence-electron chi connectivity index (χ1n) is 13.8. The molecule has 1 aliphatic carbocycles.